The van der Waals surface area contributed by atoms with Crippen molar-refractivity contribution in [1.82, 2.24) is 19.7 Å². The van der Waals surface area contributed by atoms with Gasteiger partial charge in [0, 0.05) is 41.0 Å². The summed E-state index contributed by atoms with van der Waals surface area (Å²) in [5.41, 5.74) is 10.5. The van der Waals surface area contributed by atoms with E-state index in [0.717, 1.165) is 29.5 Å². The summed E-state index contributed by atoms with van der Waals surface area (Å²) in [7, 11) is 0. The Bertz CT molecular complexity index is 1310. The molecule has 4 rings (SSSR count). The molecule has 0 saturated carbocycles. The van der Waals surface area contributed by atoms with Gasteiger partial charge in [-0.3, -0.25) is 9.78 Å². The second-order valence-corrected chi connectivity index (χ2v) is 8.80. The lowest BCUT2D eigenvalue weighted by molar-refractivity contribution is 0.433. The van der Waals surface area contributed by atoms with Gasteiger partial charge in [-0.15, -0.1) is 0 Å². The van der Waals surface area contributed by atoms with Crippen LogP contribution in [0.5, 0.6) is 0 Å². The normalized spacial score (nSPS) is 11.8. The van der Waals surface area contributed by atoms with Crippen LogP contribution in [-0.2, 0) is 5.54 Å². The Labute approximate surface area is 193 Å². The maximum atomic E-state index is 12.4. The molecule has 0 unspecified atom stereocenters. The number of hydrogen-bond acceptors (Lipinski definition) is 6. The molecule has 7 heteroatoms. The minimum absolute atomic E-state index is 0.0145. The molecule has 0 spiro atoms. The van der Waals surface area contributed by atoms with E-state index in [1.54, 1.807) is 29.1 Å². The maximum absolute atomic E-state index is 12.4. The molecule has 0 atom stereocenters. The summed E-state index contributed by atoms with van der Waals surface area (Å²) in [4.78, 5) is 21.4. The van der Waals surface area contributed by atoms with Crippen LogP contribution in [0.2, 0.25) is 0 Å². The zero-order valence-electron chi connectivity index (χ0n) is 19.4. The molecule has 0 fully saturated rings. The van der Waals surface area contributed by atoms with Gasteiger partial charge in [0.25, 0.3) is 5.56 Å². The average molecular weight is 444 g/mol. The van der Waals surface area contributed by atoms with Gasteiger partial charge in [0.05, 0.1) is 18.1 Å². The highest BCUT2D eigenvalue weighted by molar-refractivity contribution is 5.67. The molecule has 3 aromatic heterocycles. The van der Waals surface area contributed by atoms with Crippen LogP contribution in [0.15, 0.2) is 70.4 Å². The molecule has 3 heterocycles. The van der Waals surface area contributed by atoms with Crippen molar-refractivity contribution in [2.75, 3.05) is 0 Å². The molecular formula is C26H29N5O2. The molecule has 0 amide bonds. The van der Waals surface area contributed by atoms with Crippen molar-refractivity contribution in [3.63, 3.8) is 0 Å². The second kappa shape index (κ2) is 9.11. The number of pyridine rings is 1. The smallest absolute Gasteiger partial charge is 0.250 e. The summed E-state index contributed by atoms with van der Waals surface area (Å²) >= 11 is 0. The van der Waals surface area contributed by atoms with Crippen LogP contribution in [0.1, 0.15) is 52.1 Å². The van der Waals surface area contributed by atoms with E-state index in [1.807, 2.05) is 50.4 Å². The molecule has 0 aliphatic carbocycles. The number of nitrogens with two attached hydrogens (primary N) is 1. The summed E-state index contributed by atoms with van der Waals surface area (Å²) in [5, 5.41) is 4.23. The van der Waals surface area contributed by atoms with E-state index in [4.69, 9.17) is 15.2 Å². The van der Waals surface area contributed by atoms with Crippen molar-refractivity contribution in [2.45, 2.75) is 52.1 Å². The quantitative estimate of drug-likeness (QED) is 0.422. The van der Waals surface area contributed by atoms with Gasteiger partial charge in [0.15, 0.2) is 5.76 Å². The number of aromatic nitrogens is 4. The SMILES string of the molecule is CCC(CC)n1cc(-c2cncc(-c3cc(-c4cccc(C(C)(C)N)c4)no3)n2)ccc1=O. The van der Waals surface area contributed by atoms with Crippen LogP contribution in [0.25, 0.3) is 34.0 Å². The lowest BCUT2D eigenvalue weighted by Crippen LogP contribution is -2.28. The van der Waals surface area contributed by atoms with E-state index in [2.05, 4.69) is 24.0 Å². The molecule has 0 bridgehead atoms. The van der Waals surface area contributed by atoms with Gasteiger partial charge >= 0.3 is 0 Å². The highest BCUT2D eigenvalue weighted by atomic mass is 16.5. The van der Waals surface area contributed by atoms with Crippen LogP contribution in [0.3, 0.4) is 0 Å². The van der Waals surface area contributed by atoms with Gasteiger partial charge in [-0.05, 0) is 44.4 Å². The first kappa shape index (κ1) is 22.6. The van der Waals surface area contributed by atoms with Crippen LogP contribution in [0, 0.1) is 0 Å². The maximum Gasteiger partial charge on any atom is 0.250 e. The molecule has 0 aliphatic rings. The minimum Gasteiger partial charge on any atom is -0.354 e. The van der Waals surface area contributed by atoms with Crippen LogP contribution in [0.4, 0.5) is 0 Å². The third kappa shape index (κ3) is 4.78. The fraction of sp³-hybridized carbons (Fsp3) is 0.308. The van der Waals surface area contributed by atoms with Gasteiger partial charge < -0.3 is 14.8 Å². The molecule has 1 aromatic carbocycles. The van der Waals surface area contributed by atoms with Gasteiger partial charge in [-0.25, -0.2) is 4.98 Å². The Morgan fingerprint density at radius 1 is 1.00 bits per heavy atom. The summed E-state index contributed by atoms with van der Waals surface area (Å²) in [6, 6.07) is 13.3. The first-order chi connectivity index (χ1) is 15.8. The van der Waals surface area contributed by atoms with Gasteiger partial charge in [-0.2, -0.15) is 0 Å². The van der Waals surface area contributed by atoms with E-state index in [0.29, 0.717) is 22.8 Å². The zero-order chi connectivity index (χ0) is 23.6. The number of rotatable bonds is 7. The van der Waals surface area contributed by atoms with E-state index < -0.39 is 5.54 Å². The Hall–Kier alpha value is -3.58. The van der Waals surface area contributed by atoms with Crippen molar-refractivity contribution in [3.05, 3.63) is 77.0 Å². The predicted molar refractivity (Wildman–Crippen MR) is 129 cm³/mol. The lowest BCUT2D eigenvalue weighted by atomic mass is 9.93. The highest BCUT2D eigenvalue weighted by Crippen LogP contribution is 2.28. The first-order valence-corrected chi connectivity index (χ1v) is 11.2. The Morgan fingerprint density at radius 3 is 2.48 bits per heavy atom. The largest absolute Gasteiger partial charge is 0.354 e. The molecule has 0 radical (unpaired) electrons. The molecule has 4 aromatic rings. The van der Waals surface area contributed by atoms with E-state index >= 15 is 0 Å². The summed E-state index contributed by atoms with van der Waals surface area (Å²) in [6.07, 6.45) is 6.96. The summed E-state index contributed by atoms with van der Waals surface area (Å²) in [6.45, 7) is 8.10. The van der Waals surface area contributed by atoms with E-state index in [9.17, 15) is 4.79 Å². The van der Waals surface area contributed by atoms with E-state index in [1.165, 1.54) is 0 Å². The van der Waals surface area contributed by atoms with Gasteiger partial charge in [-0.1, -0.05) is 37.2 Å². The third-order valence-electron chi connectivity index (χ3n) is 5.87. The molecule has 0 saturated heterocycles. The highest BCUT2D eigenvalue weighted by Gasteiger charge is 2.17. The minimum atomic E-state index is -0.451. The first-order valence-electron chi connectivity index (χ1n) is 11.2. The van der Waals surface area contributed by atoms with Gasteiger partial charge in [0.1, 0.15) is 11.4 Å². The van der Waals surface area contributed by atoms with Crippen molar-refractivity contribution in [2.24, 2.45) is 5.73 Å². The fourth-order valence-corrected chi connectivity index (χ4v) is 3.86. The monoisotopic (exact) mass is 443 g/mol. The molecule has 7 nitrogen and oxygen atoms in total. The molecule has 2 N–H and O–H groups in total. The third-order valence-corrected chi connectivity index (χ3v) is 5.87. The summed E-state index contributed by atoms with van der Waals surface area (Å²) in [5.74, 6) is 0.519. The van der Waals surface area contributed by atoms with Crippen LogP contribution >= 0.6 is 0 Å². The Morgan fingerprint density at radius 2 is 1.76 bits per heavy atom. The van der Waals surface area contributed by atoms with Crippen LogP contribution in [-0.4, -0.2) is 19.7 Å². The van der Waals surface area contributed by atoms with E-state index in [-0.39, 0.29) is 11.6 Å². The Balaban J connectivity index is 1.67. The fourth-order valence-electron chi connectivity index (χ4n) is 3.86. The standard InChI is InChI=1S/C26H29N5O2/c1-5-20(6-2)31-16-18(10-11-25(31)32)22-14-28-15-23(29-22)24-13-21(30-33-24)17-8-7-9-19(12-17)26(3,4)27/h7-16,20H,5-6,27H2,1-4H3. The van der Waals surface area contributed by atoms with Crippen molar-refractivity contribution < 1.29 is 4.52 Å². The molecule has 33 heavy (non-hydrogen) atoms. The zero-order valence-corrected chi connectivity index (χ0v) is 19.4. The van der Waals surface area contributed by atoms with Gasteiger partial charge in [0.2, 0.25) is 0 Å². The van der Waals surface area contributed by atoms with Crippen LogP contribution < -0.4 is 11.3 Å². The van der Waals surface area contributed by atoms with Crippen molar-refractivity contribution in [1.29, 1.82) is 0 Å². The molecule has 170 valence electrons. The number of benzene rings is 1. The average Bonchev–Trinajstić information content (AvgIpc) is 3.31. The van der Waals surface area contributed by atoms with Crippen molar-refractivity contribution in [3.8, 4) is 34.0 Å². The predicted octanol–water partition coefficient (Wildman–Crippen LogP) is 5.18. The molecular weight excluding hydrogens is 414 g/mol. The number of nitrogens with zero attached hydrogens (tertiary/aromatic N) is 4. The number of hydrogen-bond donors (Lipinski definition) is 1. The topological polar surface area (TPSA) is 99.8 Å². The van der Waals surface area contributed by atoms with Crippen molar-refractivity contribution >= 4 is 0 Å². The summed E-state index contributed by atoms with van der Waals surface area (Å²) < 4.78 is 7.38. The lowest BCUT2D eigenvalue weighted by Gasteiger charge is -2.19. The molecule has 0 aliphatic heterocycles. The Kier molecular flexibility index (Phi) is 6.24. The second-order valence-electron chi connectivity index (χ2n) is 8.80.